The summed E-state index contributed by atoms with van der Waals surface area (Å²) in [7, 11) is 0. The van der Waals surface area contributed by atoms with Crippen LogP contribution < -0.4 is 0 Å². The summed E-state index contributed by atoms with van der Waals surface area (Å²) in [4.78, 5) is -1.23. The molecule has 0 bridgehead atoms. The predicted octanol–water partition coefficient (Wildman–Crippen LogP) is 3.05. The highest BCUT2D eigenvalue weighted by Crippen LogP contribution is 2.29. The summed E-state index contributed by atoms with van der Waals surface area (Å²) in [6.07, 6.45) is 0. The van der Waals surface area contributed by atoms with Crippen molar-refractivity contribution < 1.29 is 8.78 Å². The monoisotopic (exact) mass is 196 g/mol. The first kappa shape index (κ1) is 9.73. The number of alkyl halides is 5. The van der Waals surface area contributed by atoms with Gasteiger partial charge < -0.3 is 0 Å². The molecule has 0 aliphatic heterocycles. The Kier molecular flexibility index (Phi) is 3.48. The van der Waals surface area contributed by atoms with Crippen molar-refractivity contribution in [2.75, 3.05) is 0 Å². The van der Waals surface area contributed by atoms with Gasteiger partial charge in [0.2, 0.25) is 0 Å². The van der Waals surface area contributed by atoms with Gasteiger partial charge in [0.25, 0.3) is 5.92 Å². The van der Waals surface area contributed by atoms with Gasteiger partial charge in [0.15, 0.2) is 0 Å². The van der Waals surface area contributed by atoms with E-state index in [1.165, 1.54) is 0 Å². The van der Waals surface area contributed by atoms with Gasteiger partial charge in [-0.25, -0.2) is 8.78 Å². The minimum atomic E-state index is -3.02. The van der Waals surface area contributed by atoms with Crippen molar-refractivity contribution >= 4 is 34.8 Å². The standard InChI is InChI=1S/C4H5Cl3F2/c1-4(8,9)2(5)3(6)7/h2-3H,1H3. The maximum atomic E-state index is 12.1. The normalized spacial score (nSPS) is 16.3. The van der Waals surface area contributed by atoms with Gasteiger partial charge in [-0.1, -0.05) is 0 Å². The largest absolute Gasteiger partial charge is 0.264 e. The van der Waals surface area contributed by atoms with Gasteiger partial charge in [-0.15, -0.1) is 34.8 Å². The van der Waals surface area contributed by atoms with Crippen molar-refractivity contribution in [2.45, 2.75) is 23.1 Å². The molecule has 0 aliphatic carbocycles. The molecule has 0 aromatic heterocycles. The van der Waals surface area contributed by atoms with Crippen LogP contribution in [0, 0.1) is 0 Å². The summed E-state index contributed by atoms with van der Waals surface area (Å²) in [5, 5.41) is -1.51. The van der Waals surface area contributed by atoms with E-state index in [4.69, 9.17) is 34.8 Å². The van der Waals surface area contributed by atoms with Gasteiger partial charge >= 0.3 is 0 Å². The smallest absolute Gasteiger partial charge is 0.205 e. The maximum Gasteiger partial charge on any atom is 0.264 e. The molecule has 1 atom stereocenters. The lowest BCUT2D eigenvalue weighted by Gasteiger charge is -2.17. The van der Waals surface area contributed by atoms with Crippen LogP contribution in [-0.2, 0) is 0 Å². The van der Waals surface area contributed by atoms with Crippen LogP contribution >= 0.6 is 34.8 Å². The van der Waals surface area contributed by atoms with E-state index in [0.29, 0.717) is 6.92 Å². The Labute approximate surface area is 67.1 Å². The Morgan fingerprint density at radius 2 is 1.56 bits per heavy atom. The lowest BCUT2D eigenvalue weighted by molar-refractivity contribution is 0.0208. The molecule has 5 heteroatoms. The van der Waals surface area contributed by atoms with Gasteiger partial charge in [0.05, 0.1) is 0 Å². The van der Waals surface area contributed by atoms with E-state index in [1.54, 1.807) is 0 Å². The second-order valence-electron chi connectivity index (χ2n) is 1.69. The first-order valence-electron chi connectivity index (χ1n) is 2.15. The minimum absolute atomic E-state index is 0.669. The number of rotatable bonds is 2. The molecular weight excluding hydrogens is 192 g/mol. The topological polar surface area (TPSA) is 0 Å². The molecule has 0 heterocycles. The predicted molar refractivity (Wildman–Crippen MR) is 35.8 cm³/mol. The van der Waals surface area contributed by atoms with Crippen LogP contribution in [0.15, 0.2) is 0 Å². The molecule has 0 aromatic rings. The lowest BCUT2D eigenvalue weighted by Crippen LogP contribution is -2.30. The average molecular weight is 197 g/mol. The summed E-state index contributed by atoms with van der Waals surface area (Å²) in [5.74, 6) is -3.02. The Hall–Kier alpha value is 0.730. The zero-order chi connectivity index (χ0) is 7.65. The Balaban J connectivity index is 3.88. The lowest BCUT2D eigenvalue weighted by atomic mass is 10.3. The highest BCUT2D eigenvalue weighted by Gasteiger charge is 2.36. The van der Waals surface area contributed by atoms with Crippen molar-refractivity contribution in [1.29, 1.82) is 0 Å². The molecule has 0 fully saturated rings. The van der Waals surface area contributed by atoms with Crippen LogP contribution in [-0.4, -0.2) is 16.1 Å². The van der Waals surface area contributed by atoms with Crippen LogP contribution in [0.25, 0.3) is 0 Å². The van der Waals surface area contributed by atoms with Crippen LogP contribution in [0.5, 0.6) is 0 Å². The fourth-order valence-corrected chi connectivity index (χ4v) is 0.664. The first-order chi connectivity index (χ1) is 3.85. The third-order valence-corrected chi connectivity index (χ3v) is 2.10. The van der Waals surface area contributed by atoms with Crippen LogP contribution in [0.2, 0.25) is 0 Å². The Bertz CT molecular complexity index is 88.3. The van der Waals surface area contributed by atoms with Crippen LogP contribution in [0.1, 0.15) is 6.92 Å². The number of hydrogen-bond acceptors (Lipinski definition) is 0. The van der Waals surface area contributed by atoms with Crippen LogP contribution in [0.3, 0.4) is 0 Å². The molecule has 0 amide bonds. The Morgan fingerprint density at radius 1 is 1.22 bits per heavy atom. The molecule has 0 aromatic carbocycles. The summed E-state index contributed by atoms with van der Waals surface area (Å²) in [6, 6.07) is 0. The fourth-order valence-electron chi connectivity index (χ4n) is 0.221. The molecule has 0 aliphatic rings. The van der Waals surface area contributed by atoms with Gasteiger partial charge in [0.1, 0.15) is 10.2 Å². The molecule has 0 nitrogen and oxygen atoms in total. The Morgan fingerprint density at radius 3 is 1.56 bits per heavy atom. The van der Waals surface area contributed by atoms with Gasteiger partial charge in [0, 0.05) is 6.92 Å². The van der Waals surface area contributed by atoms with Crippen molar-refractivity contribution in [1.82, 2.24) is 0 Å². The third-order valence-electron chi connectivity index (χ3n) is 0.705. The van der Waals surface area contributed by atoms with Gasteiger partial charge in [-0.2, -0.15) is 0 Å². The molecule has 0 N–H and O–H groups in total. The highest BCUT2D eigenvalue weighted by atomic mass is 35.5. The van der Waals surface area contributed by atoms with E-state index in [2.05, 4.69) is 0 Å². The molecule has 0 rings (SSSR count). The molecule has 0 spiro atoms. The van der Waals surface area contributed by atoms with Crippen molar-refractivity contribution in [3.8, 4) is 0 Å². The van der Waals surface area contributed by atoms with Crippen LogP contribution in [0.4, 0.5) is 8.78 Å². The van der Waals surface area contributed by atoms with Gasteiger partial charge in [-0.05, 0) is 0 Å². The third kappa shape index (κ3) is 3.43. The van der Waals surface area contributed by atoms with E-state index < -0.39 is 16.1 Å². The molecule has 0 saturated carbocycles. The summed E-state index contributed by atoms with van der Waals surface area (Å²) < 4.78 is 24.1. The zero-order valence-corrected chi connectivity index (χ0v) is 6.81. The summed E-state index contributed by atoms with van der Waals surface area (Å²) in [6.45, 7) is 0.669. The number of halogens is 5. The molecule has 0 saturated heterocycles. The van der Waals surface area contributed by atoms with E-state index >= 15 is 0 Å². The van der Waals surface area contributed by atoms with Crippen molar-refractivity contribution in [2.24, 2.45) is 0 Å². The van der Waals surface area contributed by atoms with Crippen molar-refractivity contribution in [3.05, 3.63) is 0 Å². The average Bonchev–Trinajstić information content (AvgIpc) is 1.62. The zero-order valence-electron chi connectivity index (χ0n) is 4.54. The molecule has 1 unspecified atom stereocenters. The molecule has 0 radical (unpaired) electrons. The molecule has 56 valence electrons. The summed E-state index contributed by atoms with van der Waals surface area (Å²) >= 11 is 15.2. The second-order valence-corrected chi connectivity index (χ2v) is 3.33. The van der Waals surface area contributed by atoms with Gasteiger partial charge in [-0.3, -0.25) is 0 Å². The molecular formula is C4H5Cl3F2. The SMILES string of the molecule is CC(F)(F)C(Cl)C(Cl)Cl. The fraction of sp³-hybridized carbons (Fsp3) is 1.00. The van der Waals surface area contributed by atoms with Crippen molar-refractivity contribution in [3.63, 3.8) is 0 Å². The van der Waals surface area contributed by atoms with E-state index in [9.17, 15) is 8.78 Å². The quantitative estimate of drug-likeness (QED) is 0.597. The summed E-state index contributed by atoms with van der Waals surface area (Å²) in [5.41, 5.74) is 0. The molecule has 9 heavy (non-hydrogen) atoms. The second kappa shape index (κ2) is 3.22. The first-order valence-corrected chi connectivity index (χ1v) is 3.46. The van der Waals surface area contributed by atoms with E-state index in [1.807, 2.05) is 0 Å². The van der Waals surface area contributed by atoms with E-state index in [0.717, 1.165) is 0 Å². The maximum absolute atomic E-state index is 12.1. The van der Waals surface area contributed by atoms with E-state index in [-0.39, 0.29) is 0 Å². The minimum Gasteiger partial charge on any atom is -0.205 e. The number of hydrogen-bond donors (Lipinski definition) is 0. The highest BCUT2D eigenvalue weighted by molar-refractivity contribution is 6.48.